The molecule has 0 saturated carbocycles. The van der Waals surface area contributed by atoms with Crippen molar-refractivity contribution in [3.8, 4) is 5.75 Å². The van der Waals surface area contributed by atoms with Crippen LogP contribution in [0.5, 0.6) is 5.75 Å². The molecule has 2 N–H and O–H groups in total. The second-order valence-corrected chi connectivity index (χ2v) is 6.17. The van der Waals surface area contributed by atoms with Crippen molar-refractivity contribution in [3.63, 3.8) is 0 Å². The van der Waals surface area contributed by atoms with Crippen LogP contribution < -0.4 is 9.61 Å². The summed E-state index contributed by atoms with van der Waals surface area (Å²) in [5, 5.41) is 21.7. The standard InChI is InChI=1S/C11H15N2O7P/c1-8(11(14)15)12-21(18,7-19-2)20-10-5-3-9(4-6-10)13(16)17/h3-6,8H,7H2,1-2H3,(H,12,18)(H,14,15). The molecule has 0 amide bonds. The highest BCUT2D eigenvalue weighted by atomic mass is 31.2. The van der Waals surface area contributed by atoms with E-state index >= 15 is 0 Å². The molecule has 0 saturated heterocycles. The number of carboxylic acid groups (broad SMARTS) is 1. The maximum atomic E-state index is 12.5. The van der Waals surface area contributed by atoms with Gasteiger partial charge in [0.15, 0.2) is 0 Å². The molecule has 0 fully saturated rings. The molecule has 1 aromatic rings. The van der Waals surface area contributed by atoms with Gasteiger partial charge in [-0.2, -0.15) is 0 Å². The van der Waals surface area contributed by atoms with Crippen molar-refractivity contribution >= 4 is 19.2 Å². The van der Waals surface area contributed by atoms with Crippen molar-refractivity contribution in [1.29, 1.82) is 0 Å². The number of nitrogens with one attached hydrogen (secondary N) is 1. The number of nitrogens with zero attached hydrogens (tertiary/aromatic N) is 1. The normalized spacial score (nSPS) is 15.0. The number of hydrogen-bond donors (Lipinski definition) is 2. The summed E-state index contributed by atoms with van der Waals surface area (Å²) >= 11 is 0. The largest absolute Gasteiger partial charge is 0.480 e. The lowest BCUT2D eigenvalue weighted by Crippen LogP contribution is -2.33. The summed E-state index contributed by atoms with van der Waals surface area (Å²) in [5.74, 6) is -1.09. The van der Waals surface area contributed by atoms with E-state index in [0.717, 1.165) is 0 Å². The van der Waals surface area contributed by atoms with Gasteiger partial charge in [0.1, 0.15) is 18.1 Å². The molecule has 0 radical (unpaired) electrons. The number of ether oxygens (including phenoxy) is 1. The summed E-state index contributed by atoms with van der Waals surface area (Å²) in [6.07, 6.45) is -0.346. The van der Waals surface area contributed by atoms with Crippen molar-refractivity contribution in [2.45, 2.75) is 13.0 Å². The van der Waals surface area contributed by atoms with Crippen LogP contribution in [0.2, 0.25) is 0 Å². The van der Waals surface area contributed by atoms with Crippen LogP contribution in [0.1, 0.15) is 6.92 Å². The zero-order chi connectivity index (χ0) is 16.0. The fourth-order valence-electron chi connectivity index (χ4n) is 1.41. The van der Waals surface area contributed by atoms with E-state index in [1.165, 1.54) is 38.3 Å². The van der Waals surface area contributed by atoms with Crippen LogP contribution in [-0.4, -0.2) is 35.5 Å². The molecule has 2 unspecified atom stereocenters. The van der Waals surface area contributed by atoms with Gasteiger partial charge < -0.3 is 14.4 Å². The summed E-state index contributed by atoms with van der Waals surface area (Å²) in [6.45, 7) is 1.31. The topological polar surface area (TPSA) is 128 Å². The zero-order valence-corrected chi connectivity index (χ0v) is 12.3. The lowest BCUT2D eigenvalue weighted by atomic mass is 10.3. The minimum absolute atomic E-state index is 0.103. The number of non-ortho nitro benzene ring substituents is 1. The Labute approximate surface area is 120 Å². The Morgan fingerprint density at radius 2 is 2.05 bits per heavy atom. The van der Waals surface area contributed by atoms with Crippen LogP contribution in [0.25, 0.3) is 0 Å². The van der Waals surface area contributed by atoms with E-state index in [1.807, 2.05) is 0 Å². The highest BCUT2D eigenvalue weighted by Gasteiger charge is 2.29. The summed E-state index contributed by atoms with van der Waals surface area (Å²) in [6, 6.07) is 3.81. The molecular weight excluding hydrogens is 303 g/mol. The van der Waals surface area contributed by atoms with Crippen molar-refractivity contribution < 1.29 is 28.7 Å². The Morgan fingerprint density at radius 3 is 2.48 bits per heavy atom. The van der Waals surface area contributed by atoms with Crippen LogP contribution >= 0.6 is 7.52 Å². The first kappa shape index (κ1) is 17.1. The van der Waals surface area contributed by atoms with Gasteiger partial charge in [-0.3, -0.25) is 19.5 Å². The Balaban J connectivity index is 2.89. The van der Waals surface area contributed by atoms with Gasteiger partial charge in [0.25, 0.3) is 5.69 Å². The molecule has 9 nitrogen and oxygen atoms in total. The molecule has 0 spiro atoms. The molecule has 0 aromatic heterocycles. The van der Waals surface area contributed by atoms with Crippen molar-refractivity contribution in [1.82, 2.24) is 5.09 Å². The Kier molecular flexibility index (Phi) is 5.83. The van der Waals surface area contributed by atoms with Crippen molar-refractivity contribution in [3.05, 3.63) is 34.4 Å². The van der Waals surface area contributed by atoms with Crippen LogP contribution in [0.4, 0.5) is 5.69 Å². The van der Waals surface area contributed by atoms with E-state index in [9.17, 15) is 19.5 Å². The summed E-state index contributed by atoms with van der Waals surface area (Å²) in [4.78, 5) is 20.8. The van der Waals surface area contributed by atoms with E-state index in [1.54, 1.807) is 0 Å². The lowest BCUT2D eigenvalue weighted by Gasteiger charge is -2.21. The third kappa shape index (κ3) is 5.14. The first-order chi connectivity index (χ1) is 9.77. The lowest BCUT2D eigenvalue weighted by molar-refractivity contribution is -0.384. The molecule has 21 heavy (non-hydrogen) atoms. The number of carbonyl (C=O) groups is 1. The number of methoxy groups -OCH3 is 1. The first-order valence-electron chi connectivity index (χ1n) is 5.80. The minimum atomic E-state index is -3.61. The number of rotatable bonds is 8. The molecular formula is C11H15N2O7P. The number of benzene rings is 1. The summed E-state index contributed by atoms with van der Waals surface area (Å²) < 4.78 is 22.5. The number of nitro benzene ring substituents is 1. The van der Waals surface area contributed by atoms with Gasteiger partial charge in [-0.05, 0) is 19.1 Å². The van der Waals surface area contributed by atoms with Gasteiger partial charge >= 0.3 is 13.5 Å². The summed E-state index contributed by atoms with van der Waals surface area (Å²) in [5.41, 5.74) is -0.143. The quantitative estimate of drug-likeness (QED) is 0.422. The smallest absolute Gasteiger partial charge is 0.342 e. The fraction of sp³-hybridized carbons (Fsp3) is 0.364. The maximum absolute atomic E-state index is 12.5. The second kappa shape index (κ2) is 7.16. The van der Waals surface area contributed by atoms with Gasteiger partial charge in [-0.25, -0.2) is 5.09 Å². The molecule has 1 rings (SSSR count). The van der Waals surface area contributed by atoms with Crippen LogP contribution in [0.15, 0.2) is 24.3 Å². The SMILES string of the molecule is COCP(=O)(NC(C)C(=O)O)Oc1ccc([N+](=O)[O-])cc1. The third-order valence-electron chi connectivity index (χ3n) is 2.36. The van der Waals surface area contributed by atoms with E-state index in [-0.39, 0.29) is 17.8 Å². The van der Waals surface area contributed by atoms with Crippen LogP contribution in [0, 0.1) is 10.1 Å². The number of carboxylic acids is 1. The first-order valence-corrected chi connectivity index (χ1v) is 7.61. The molecule has 0 aliphatic carbocycles. The molecule has 0 bridgehead atoms. The summed E-state index contributed by atoms with van der Waals surface area (Å²) in [7, 11) is -2.32. The highest BCUT2D eigenvalue weighted by molar-refractivity contribution is 7.57. The average molecular weight is 318 g/mol. The van der Waals surface area contributed by atoms with Crippen LogP contribution in [-0.2, 0) is 14.1 Å². The molecule has 0 aliphatic heterocycles. The number of aliphatic carboxylic acids is 1. The fourth-order valence-corrected chi connectivity index (χ4v) is 3.09. The Hall–Kier alpha value is -1.96. The predicted molar refractivity (Wildman–Crippen MR) is 73.4 cm³/mol. The van der Waals surface area contributed by atoms with Crippen LogP contribution in [0.3, 0.4) is 0 Å². The molecule has 1 aromatic carbocycles. The van der Waals surface area contributed by atoms with E-state index in [2.05, 4.69) is 5.09 Å². The van der Waals surface area contributed by atoms with Gasteiger partial charge in [-0.1, -0.05) is 0 Å². The van der Waals surface area contributed by atoms with Crippen molar-refractivity contribution in [2.75, 3.05) is 13.5 Å². The predicted octanol–water partition coefficient (Wildman–Crippen LogP) is 1.83. The molecule has 0 aliphatic rings. The van der Waals surface area contributed by atoms with Gasteiger partial charge in [0.05, 0.1) is 4.92 Å². The molecule has 10 heteroatoms. The number of hydrogen-bond acceptors (Lipinski definition) is 6. The van der Waals surface area contributed by atoms with Crippen molar-refractivity contribution in [2.24, 2.45) is 0 Å². The van der Waals surface area contributed by atoms with Gasteiger partial charge in [-0.15, -0.1) is 0 Å². The highest BCUT2D eigenvalue weighted by Crippen LogP contribution is 2.43. The third-order valence-corrected chi connectivity index (χ3v) is 4.24. The van der Waals surface area contributed by atoms with E-state index in [4.69, 9.17) is 14.4 Å². The molecule has 116 valence electrons. The Morgan fingerprint density at radius 1 is 1.48 bits per heavy atom. The van der Waals surface area contributed by atoms with Gasteiger partial charge in [0, 0.05) is 19.2 Å². The molecule has 2 atom stereocenters. The minimum Gasteiger partial charge on any atom is -0.480 e. The monoisotopic (exact) mass is 318 g/mol. The Bertz CT molecular complexity index is 560. The van der Waals surface area contributed by atoms with Gasteiger partial charge in [0.2, 0.25) is 0 Å². The number of nitro groups is 1. The zero-order valence-electron chi connectivity index (χ0n) is 11.4. The molecule has 0 heterocycles. The maximum Gasteiger partial charge on any atom is 0.342 e. The second-order valence-electron chi connectivity index (χ2n) is 4.12. The van der Waals surface area contributed by atoms with E-state index in [0.29, 0.717) is 0 Å². The van der Waals surface area contributed by atoms with E-state index < -0.39 is 24.5 Å². The average Bonchev–Trinajstić information content (AvgIpc) is 2.39.